The molecule has 0 spiro atoms. The number of hydrogen-bond donors (Lipinski definition) is 1. The van der Waals surface area contributed by atoms with Gasteiger partial charge in [-0.3, -0.25) is 9.59 Å². The highest BCUT2D eigenvalue weighted by Gasteiger charge is 2.32. The number of carbonyl (C=O) groups excluding carboxylic acids is 1. The van der Waals surface area contributed by atoms with Crippen LogP contribution in [0.1, 0.15) is 28.1 Å². The molecule has 1 atom stereocenters. The number of rotatable bonds is 2. The van der Waals surface area contributed by atoms with Gasteiger partial charge in [0.1, 0.15) is 5.82 Å². The molecule has 0 aliphatic carbocycles. The van der Waals surface area contributed by atoms with Gasteiger partial charge in [-0.05, 0) is 6.92 Å². The number of nitrogens with one attached hydrogen (secondary N) is 1. The summed E-state index contributed by atoms with van der Waals surface area (Å²) < 4.78 is 10.5. The van der Waals surface area contributed by atoms with Gasteiger partial charge in [0.15, 0.2) is 6.39 Å². The third-order valence-electron chi connectivity index (χ3n) is 3.25. The largest absolute Gasteiger partial charge is 0.438 e. The highest BCUT2D eigenvalue weighted by atomic mass is 16.5. The maximum atomic E-state index is 12.4. The summed E-state index contributed by atoms with van der Waals surface area (Å²) in [6, 6.07) is 0.963. The van der Waals surface area contributed by atoms with Crippen molar-refractivity contribution in [2.24, 2.45) is 0 Å². The van der Waals surface area contributed by atoms with Gasteiger partial charge in [0.25, 0.3) is 11.5 Å². The van der Waals surface area contributed by atoms with Crippen molar-refractivity contribution in [1.29, 1.82) is 0 Å². The molecule has 0 radical (unpaired) electrons. The van der Waals surface area contributed by atoms with Crippen molar-refractivity contribution in [2.45, 2.75) is 13.0 Å². The summed E-state index contributed by atoms with van der Waals surface area (Å²) in [7, 11) is 0. The lowest BCUT2D eigenvalue weighted by molar-refractivity contribution is -0.00555. The number of aromatic nitrogens is 3. The minimum absolute atomic E-state index is 0.156. The molecule has 1 aliphatic rings. The Balaban J connectivity index is 1.94. The topological polar surface area (TPSA) is 101 Å². The lowest BCUT2D eigenvalue weighted by Crippen LogP contribution is -2.44. The standard InChI is InChI=1S/C13H14N4O4/c1-8-15-9(4-12(18)16-8)10-6-20-3-2-17(10)13(19)11-5-14-7-21-11/h4-5,7,10H,2-3,6H2,1H3,(H,15,16,18)/t10-/m0/s1. The van der Waals surface area contributed by atoms with Crippen LogP contribution in [0.2, 0.25) is 0 Å². The van der Waals surface area contributed by atoms with Crippen LogP contribution in [0.25, 0.3) is 0 Å². The molecule has 21 heavy (non-hydrogen) atoms. The Morgan fingerprint density at radius 1 is 1.52 bits per heavy atom. The normalized spacial score (nSPS) is 18.7. The van der Waals surface area contributed by atoms with Crippen molar-refractivity contribution in [3.63, 3.8) is 0 Å². The van der Waals surface area contributed by atoms with E-state index in [9.17, 15) is 9.59 Å². The number of nitrogens with zero attached hydrogens (tertiary/aromatic N) is 3. The quantitative estimate of drug-likeness (QED) is 0.852. The van der Waals surface area contributed by atoms with Gasteiger partial charge < -0.3 is 19.0 Å². The number of ether oxygens (including phenoxy) is 1. The summed E-state index contributed by atoms with van der Waals surface area (Å²) >= 11 is 0. The molecular formula is C13H14N4O4. The number of H-pyrrole nitrogens is 1. The average Bonchev–Trinajstić information content (AvgIpc) is 2.99. The summed E-state index contributed by atoms with van der Waals surface area (Å²) in [4.78, 5) is 36.2. The lowest BCUT2D eigenvalue weighted by atomic mass is 10.1. The van der Waals surface area contributed by atoms with Crippen LogP contribution in [0, 0.1) is 6.92 Å². The highest BCUT2D eigenvalue weighted by Crippen LogP contribution is 2.23. The summed E-state index contributed by atoms with van der Waals surface area (Å²) in [5.74, 6) is 0.360. The van der Waals surface area contributed by atoms with E-state index in [-0.39, 0.29) is 23.8 Å². The van der Waals surface area contributed by atoms with Gasteiger partial charge in [0, 0.05) is 12.6 Å². The Labute approximate surface area is 119 Å². The fourth-order valence-corrected chi connectivity index (χ4v) is 2.33. The molecular weight excluding hydrogens is 276 g/mol. The van der Waals surface area contributed by atoms with Crippen LogP contribution < -0.4 is 5.56 Å². The van der Waals surface area contributed by atoms with Crippen molar-refractivity contribution in [1.82, 2.24) is 19.9 Å². The summed E-state index contributed by atoms with van der Waals surface area (Å²) in [6.45, 7) is 2.81. The van der Waals surface area contributed by atoms with Gasteiger partial charge in [-0.2, -0.15) is 0 Å². The second-order valence-corrected chi connectivity index (χ2v) is 4.71. The maximum Gasteiger partial charge on any atom is 0.292 e. The molecule has 3 rings (SSSR count). The molecule has 3 heterocycles. The molecule has 0 unspecified atom stereocenters. The zero-order valence-corrected chi connectivity index (χ0v) is 11.4. The predicted octanol–water partition coefficient (Wildman–Crippen LogP) is 0.280. The van der Waals surface area contributed by atoms with E-state index < -0.39 is 6.04 Å². The monoisotopic (exact) mass is 290 g/mol. The Hall–Kier alpha value is -2.48. The molecule has 2 aromatic heterocycles. The smallest absolute Gasteiger partial charge is 0.292 e. The summed E-state index contributed by atoms with van der Waals surface area (Å²) in [5.41, 5.74) is 0.249. The first-order valence-electron chi connectivity index (χ1n) is 6.50. The first-order chi connectivity index (χ1) is 10.1. The SMILES string of the molecule is Cc1nc([C@@H]2COCCN2C(=O)c2cnco2)cc(=O)[nH]1. The minimum Gasteiger partial charge on any atom is -0.438 e. The van der Waals surface area contributed by atoms with Crippen molar-refractivity contribution in [2.75, 3.05) is 19.8 Å². The third-order valence-corrected chi connectivity index (χ3v) is 3.25. The second-order valence-electron chi connectivity index (χ2n) is 4.71. The van der Waals surface area contributed by atoms with Crippen molar-refractivity contribution in [3.05, 3.63) is 46.3 Å². The summed E-state index contributed by atoms with van der Waals surface area (Å²) in [6.07, 6.45) is 2.57. The van der Waals surface area contributed by atoms with E-state index in [1.165, 1.54) is 18.7 Å². The molecule has 1 amide bonds. The first kappa shape index (κ1) is 13.5. The Kier molecular flexibility index (Phi) is 3.53. The second kappa shape index (κ2) is 5.49. The van der Waals surface area contributed by atoms with Crippen LogP contribution in [0.3, 0.4) is 0 Å². The van der Waals surface area contributed by atoms with E-state index in [0.29, 0.717) is 24.7 Å². The van der Waals surface area contributed by atoms with Crippen molar-refractivity contribution < 1.29 is 13.9 Å². The number of aromatic amines is 1. The number of hydrogen-bond acceptors (Lipinski definition) is 6. The molecule has 1 fully saturated rings. The zero-order chi connectivity index (χ0) is 14.8. The van der Waals surface area contributed by atoms with Crippen LogP contribution in [0.5, 0.6) is 0 Å². The molecule has 8 nitrogen and oxygen atoms in total. The van der Waals surface area contributed by atoms with Gasteiger partial charge in [-0.25, -0.2) is 9.97 Å². The van der Waals surface area contributed by atoms with Crippen LogP contribution in [0.4, 0.5) is 0 Å². The van der Waals surface area contributed by atoms with Crippen LogP contribution in [-0.2, 0) is 4.74 Å². The molecule has 0 saturated carbocycles. The number of aryl methyl sites for hydroxylation is 1. The molecule has 0 bridgehead atoms. The molecule has 1 aliphatic heterocycles. The van der Waals surface area contributed by atoms with Gasteiger partial charge in [0.2, 0.25) is 5.76 Å². The van der Waals surface area contributed by atoms with Crippen LogP contribution in [0.15, 0.2) is 27.9 Å². The van der Waals surface area contributed by atoms with E-state index in [4.69, 9.17) is 9.15 Å². The van der Waals surface area contributed by atoms with Crippen molar-refractivity contribution >= 4 is 5.91 Å². The highest BCUT2D eigenvalue weighted by molar-refractivity contribution is 5.91. The summed E-state index contributed by atoms with van der Waals surface area (Å²) in [5, 5.41) is 0. The van der Waals surface area contributed by atoms with E-state index in [1.807, 2.05) is 0 Å². The van der Waals surface area contributed by atoms with Gasteiger partial charge in [-0.1, -0.05) is 0 Å². The number of amides is 1. The van der Waals surface area contributed by atoms with Gasteiger partial charge in [0.05, 0.1) is 31.1 Å². The van der Waals surface area contributed by atoms with Gasteiger partial charge in [-0.15, -0.1) is 0 Å². The van der Waals surface area contributed by atoms with Gasteiger partial charge >= 0.3 is 0 Å². The molecule has 8 heteroatoms. The fraction of sp³-hybridized carbons (Fsp3) is 0.385. The first-order valence-corrected chi connectivity index (χ1v) is 6.50. The number of morpholine rings is 1. The van der Waals surface area contributed by atoms with E-state index in [2.05, 4.69) is 15.0 Å². The Morgan fingerprint density at radius 2 is 2.38 bits per heavy atom. The fourth-order valence-electron chi connectivity index (χ4n) is 2.33. The van der Waals surface area contributed by atoms with E-state index in [0.717, 1.165) is 0 Å². The van der Waals surface area contributed by atoms with Crippen LogP contribution >= 0.6 is 0 Å². The Morgan fingerprint density at radius 3 is 3.10 bits per heavy atom. The maximum absolute atomic E-state index is 12.4. The molecule has 110 valence electrons. The molecule has 1 N–H and O–H groups in total. The molecule has 1 saturated heterocycles. The van der Waals surface area contributed by atoms with E-state index >= 15 is 0 Å². The van der Waals surface area contributed by atoms with Crippen molar-refractivity contribution in [3.8, 4) is 0 Å². The zero-order valence-electron chi connectivity index (χ0n) is 11.4. The van der Waals surface area contributed by atoms with Crippen LogP contribution in [-0.4, -0.2) is 45.5 Å². The average molecular weight is 290 g/mol. The predicted molar refractivity (Wildman–Crippen MR) is 70.7 cm³/mol. The van der Waals surface area contributed by atoms with E-state index in [1.54, 1.807) is 11.8 Å². The third kappa shape index (κ3) is 2.70. The minimum atomic E-state index is -0.419. The lowest BCUT2D eigenvalue weighted by Gasteiger charge is -2.34. The number of carbonyl (C=O) groups is 1. The molecule has 0 aromatic carbocycles. The molecule has 2 aromatic rings. The Bertz CT molecular complexity index is 694. The number of oxazole rings is 1.